The molecule has 0 aliphatic rings. The van der Waals surface area contributed by atoms with Gasteiger partial charge in [0, 0.05) is 17.9 Å². The normalized spacial score (nSPS) is 8.31. The van der Waals surface area contributed by atoms with E-state index in [1.54, 1.807) is 18.3 Å². The summed E-state index contributed by atoms with van der Waals surface area (Å²) in [4.78, 5) is 4.01. The van der Waals surface area contributed by atoms with Crippen LogP contribution in [-0.2, 0) is 0 Å². The van der Waals surface area contributed by atoms with Gasteiger partial charge in [0.25, 0.3) is 0 Å². The van der Waals surface area contributed by atoms with Crippen molar-refractivity contribution in [2.75, 3.05) is 5.33 Å². The minimum atomic E-state index is 0.532. The van der Waals surface area contributed by atoms with Gasteiger partial charge >= 0.3 is 0 Å². The topological polar surface area (TPSA) is 36.7 Å². The van der Waals surface area contributed by atoms with Crippen LogP contribution < -0.4 is 0 Å². The van der Waals surface area contributed by atoms with E-state index in [4.69, 9.17) is 5.26 Å². The Kier molecular flexibility index (Phi) is 4.02. The van der Waals surface area contributed by atoms with E-state index in [-0.39, 0.29) is 0 Å². The summed E-state index contributed by atoms with van der Waals surface area (Å²) in [5.41, 5.74) is 1.09. The summed E-state index contributed by atoms with van der Waals surface area (Å²) in [7, 11) is 0. The lowest BCUT2D eigenvalue weighted by Crippen LogP contribution is -1.86. The summed E-state index contributed by atoms with van der Waals surface area (Å²) in [6, 6.07) is 5.49. The highest BCUT2D eigenvalue weighted by atomic mass is 79.9. The molecule has 0 spiro atoms. The van der Waals surface area contributed by atoms with Crippen molar-refractivity contribution in [3.05, 3.63) is 29.6 Å². The van der Waals surface area contributed by atoms with Crippen molar-refractivity contribution in [3.63, 3.8) is 0 Å². The molecular formula is C10H7BrN2. The maximum atomic E-state index is 8.71. The van der Waals surface area contributed by atoms with E-state index in [2.05, 4.69) is 32.8 Å². The Bertz CT molecular complexity index is 382. The van der Waals surface area contributed by atoms with Gasteiger partial charge in [-0.3, -0.25) is 0 Å². The largest absolute Gasteiger partial charge is 0.246 e. The van der Waals surface area contributed by atoms with E-state index < -0.39 is 0 Å². The van der Waals surface area contributed by atoms with Crippen molar-refractivity contribution in [1.82, 2.24) is 4.98 Å². The molecule has 1 aromatic heterocycles. The van der Waals surface area contributed by atoms with Crippen LogP contribution in [-0.4, -0.2) is 10.3 Å². The van der Waals surface area contributed by atoms with Gasteiger partial charge in [0.2, 0.25) is 0 Å². The summed E-state index contributed by atoms with van der Waals surface area (Å²) in [6.07, 6.45) is 2.40. The van der Waals surface area contributed by atoms with E-state index in [0.29, 0.717) is 11.3 Å². The van der Waals surface area contributed by atoms with E-state index in [1.807, 2.05) is 6.07 Å². The quantitative estimate of drug-likeness (QED) is 0.552. The third-order valence-corrected chi connectivity index (χ3v) is 1.75. The second kappa shape index (κ2) is 5.35. The molecule has 1 aromatic rings. The number of alkyl halides is 1. The molecule has 64 valence electrons. The molecule has 0 unspecified atom stereocenters. The molecule has 0 N–H and O–H groups in total. The summed E-state index contributed by atoms with van der Waals surface area (Å²) in [5.74, 6) is 5.77. The maximum absolute atomic E-state index is 8.71. The molecule has 0 radical (unpaired) electrons. The van der Waals surface area contributed by atoms with Gasteiger partial charge < -0.3 is 0 Å². The van der Waals surface area contributed by atoms with Crippen molar-refractivity contribution in [2.45, 2.75) is 6.42 Å². The Balaban J connectivity index is 2.91. The van der Waals surface area contributed by atoms with Gasteiger partial charge in [0.05, 0.1) is 5.56 Å². The fourth-order valence-corrected chi connectivity index (χ4v) is 0.987. The van der Waals surface area contributed by atoms with Gasteiger partial charge in [-0.2, -0.15) is 5.26 Å². The van der Waals surface area contributed by atoms with Gasteiger partial charge in [0.1, 0.15) is 11.8 Å². The van der Waals surface area contributed by atoms with Crippen molar-refractivity contribution >= 4 is 15.9 Å². The van der Waals surface area contributed by atoms with Crippen LogP contribution in [0.3, 0.4) is 0 Å². The number of nitriles is 1. The fraction of sp³-hybridized carbons (Fsp3) is 0.200. The molecule has 0 aliphatic heterocycles. The van der Waals surface area contributed by atoms with Crippen LogP contribution in [0.5, 0.6) is 0 Å². The Morgan fingerprint density at radius 3 is 3.08 bits per heavy atom. The van der Waals surface area contributed by atoms with Gasteiger partial charge in [-0.25, -0.2) is 4.98 Å². The Morgan fingerprint density at radius 1 is 1.54 bits per heavy atom. The van der Waals surface area contributed by atoms with Crippen LogP contribution in [0.2, 0.25) is 0 Å². The standard InChI is InChI=1S/C10H7BrN2/c11-6-2-1-5-10-9(8-12)4-3-7-13-10/h3-4,7H,2,6H2. The predicted molar refractivity (Wildman–Crippen MR) is 54.2 cm³/mol. The number of halogens is 1. The summed E-state index contributed by atoms with van der Waals surface area (Å²) in [5, 5.41) is 9.55. The lowest BCUT2D eigenvalue weighted by molar-refractivity contribution is 1.25. The summed E-state index contributed by atoms with van der Waals surface area (Å²) < 4.78 is 0. The molecule has 0 saturated carbocycles. The van der Waals surface area contributed by atoms with Crippen molar-refractivity contribution in [1.29, 1.82) is 5.26 Å². The molecule has 0 atom stereocenters. The maximum Gasteiger partial charge on any atom is 0.130 e. The molecule has 0 saturated heterocycles. The number of nitrogens with zero attached hydrogens (tertiary/aromatic N) is 2. The number of hydrogen-bond acceptors (Lipinski definition) is 2. The van der Waals surface area contributed by atoms with Gasteiger partial charge in [0.15, 0.2) is 0 Å². The molecular weight excluding hydrogens is 228 g/mol. The smallest absolute Gasteiger partial charge is 0.130 e. The Morgan fingerprint density at radius 2 is 2.38 bits per heavy atom. The van der Waals surface area contributed by atoms with Crippen LogP contribution in [0.4, 0.5) is 0 Å². The first kappa shape index (κ1) is 9.77. The molecule has 0 amide bonds. The van der Waals surface area contributed by atoms with Crippen molar-refractivity contribution in [2.24, 2.45) is 0 Å². The molecule has 0 fully saturated rings. The molecule has 13 heavy (non-hydrogen) atoms. The highest BCUT2D eigenvalue weighted by Gasteiger charge is 1.96. The fourth-order valence-electron chi connectivity index (χ4n) is 0.789. The monoisotopic (exact) mass is 234 g/mol. The summed E-state index contributed by atoms with van der Waals surface area (Å²) in [6.45, 7) is 0. The average Bonchev–Trinajstić information content (AvgIpc) is 2.19. The average molecular weight is 235 g/mol. The highest BCUT2D eigenvalue weighted by Crippen LogP contribution is 2.01. The predicted octanol–water partition coefficient (Wildman–Crippen LogP) is 2.09. The van der Waals surface area contributed by atoms with Crippen LogP contribution >= 0.6 is 15.9 Å². The van der Waals surface area contributed by atoms with Crippen molar-refractivity contribution < 1.29 is 0 Å². The molecule has 0 bridgehead atoms. The minimum Gasteiger partial charge on any atom is -0.246 e. The molecule has 3 heteroatoms. The van der Waals surface area contributed by atoms with E-state index >= 15 is 0 Å². The second-order valence-corrected chi connectivity index (χ2v) is 3.05. The molecule has 0 aliphatic carbocycles. The van der Waals surface area contributed by atoms with Crippen molar-refractivity contribution in [3.8, 4) is 17.9 Å². The number of rotatable bonds is 1. The Hall–Kier alpha value is -1.32. The first-order valence-electron chi connectivity index (χ1n) is 3.78. The zero-order valence-corrected chi connectivity index (χ0v) is 8.50. The second-order valence-electron chi connectivity index (χ2n) is 2.25. The van der Waals surface area contributed by atoms with E-state index in [9.17, 15) is 0 Å². The Labute approximate surface area is 85.7 Å². The zero-order valence-electron chi connectivity index (χ0n) is 6.92. The first-order valence-corrected chi connectivity index (χ1v) is 4.90. The summed E-state index contributed by atoms with van der Waals surface area (Å²) >= 11 is 3.27. The number of aromatic nitrogens is 1. The minimum absolute atomic E-state index is 0.532. The van der Waals surface area contributed by atoms with Crippen LogP contribution in [0.15, 0.2) is 18.3 Å². The number of pyridine rings is 1. The highest BCUT2D eigenvalue weighted by molar-refractivity contribution is 9.09. The lowest BCUT2D eigenvalue weighted by Gasteiger charge is -1.90. The zero-order chi connectivity index (χ0) is 9.52. The van der Waals surface area contributed by atoms with Crippen LogP contribution in [0.25, 0.3) is 0 Å². The van der Waals surface area contributed by atoms with Gasteiger partial charge in [-0.05, 0) is 18.1 Å². The van der Waals surface area contributed by atoms with Crippen LogP contribution in [0.1, 0.15) is 17.7 Å². The van der Waals surface area contributed by atoms with Gasteiger partial charge in [-0.15, -0.1) is 0 Å². The third kappa shape index (κ3) is 2.89. The molecule has 0 aromatic carbocycles. The molecule has 1 heterocycles. The van der Waals surface area contributed by atoms with Gasteiger partial charge in [-0.1, -0.05) is 21.9 Å². The van der Waals surface area contributed by atoms with E-state index in [1.165, 1.54) is 0 Å². The lowest BCUT2D eigenvalue weighted by atomic mass is 10.2. The first-order chi connectivity index (χ1) is 6.38. The van der Waals surface area contributed by atoms with Crippen LogP contribution in [0, 0.1) is 23.2 Å². The molecule has 1 rings (SSSR count). The molecule has 2 nitrogen and oxygen atoms in total. The van der Waals surface area contributed by atoms with E-state index in [0.717, 1.165) is 11.8 Å². The SMILES string of the molecule is N#Cc1cccnc1C#CCCBr. The number of hydrogen-bond donors (Lipinski definition) is 0. The third-order valence-electron chi connectivity index (χ3n) is 1.35.